The third kappa shape index (κ3) is 5.10. The topological polar surface area (TPSA) is 62.3 Å². The zero-order valence-electron chi connectivity index (χ0n) is 18.0. The fourth-order valence-corrected chi connectivity index (χ4v) is 5.95. The Hall–Kier alpha value is -3.16. The molecule has 0 saturated carbocycles. The van der Waals surface area contributed by atoms with Crippen molar-refractivity contribution in [2.75, 3.05) is 22.5 Å². The number of hydrogen-bond acceptors (Lipinski definition) is 5. The summed E-state index contributed by atoms with van der Waals surface area (Å²) in [5.41, 5.74) is 5.06. The third-order valence-corrected chi connectivity index (χ3v) is 7.79. The van der Waals surface area contributed by atoms with Gasteiger partial charge < -0.3 is 10.2 Å². The molecule has 0 saturated heterocycles. The molecule has 0 bridgehead atoms. The molecule has 1 N–H and O–H groups in total. The molecular weight excluding hydrogens is 450 g/mol. The Balaban J connectivity index is 1.18. The van der Waals surface area contributed by atoms with Crippen LogP contribution in [0.15, 0.2) is 77.1 Å². The number of aromatic nitrogens is 1. The van der Waals surface area contributed by atoms with E-state index in [1.165, 1.54) is 17.3 Å². The van der Waals surface area contributed by atoms with Crippen LogP contribution < -0.4 is 10.2 Å². The second-order valence-corrected chi connectivity index (χ2v) is 10.2. The van der Waals surface area contributed by atoms with Gasteiger partial charge in [0.25, 0.3) is 0 Å². The summed E-state index contributed by atoms with van der Waals surface area (Å²) in [7, 11) is 0. The number of carbonyl (C=O) groups is 2. The lowest BCUT2D eigenvalue weighted by atomic mass is 10.1. The number of thioether (sulfide) groups is 1. The zero-order chi connectivity index (χ0) is 22.6. The number of benzene rings is 3. The van der Waals surface area contributed by atoms with Gasteiger partial charge in [-0.2, -0.15) is 0 Å². The van der Waals surface area contributed by atoms with E-state index in [1.54, 1.807) is 11.3 Å². The van der Waals surface area contributed by atoms with Gasteiger partial charge in [-0.25, -0.2) is 4.98 Å². The average Bonchev–Trinajstić information content (AvgIpc) is 3.45. The number of nitrogens with one attached hydrogen (secondary N) is 1. The minimum Gasteiger partial charge on any atom is -0.326 e. The number of thiazole rings is 1. The predicted molar refractivity (Wildman–Crippen MR) is 136 cm³/mol. The van der Waals surface area contributed by atoms with Crippen molar-refractivity contribution in [3.8, 4) is 0 Å². The molecule has 0 unspecified atom stereocenters. The van der Waals surface area contributed by atoms with Crippen LogP contribution >= 0.6 is 23.1 Å². The van der Waals surface area contributed by atoms with Crippen LogP contribution in [0, 0.1) is 0 Å². The molecule has 0 fully saturated rings. The first-order chi connectivity index (χ1) is 16.2. The summed E-state index contributed by atoms with van der Waals surface area (Å²) in [5, 5.41) is 2.98. The molecule has 33 heavy (non-hydrogen) atoms. The molecule has 7 heteroatoms. The number of fused-ring (bicyclic) bond motifs is 2. The number of aryl methyl sites for hydroxylation is 1. The molecule has 5 nitrogen and oxygen atoms in total. The van der Waals surface area contributed by atoms with E-state index >= 15 is 0 Å². The van der Waals surface area contributed by atoms with E-state index in [2.05, 4.69) is 16.4 Å². The normalized spacial score (nSPS) is 12.7. The van der Waals surface area contributed by atoms with Crippen molar-refractivity contribution in [1.29, 1.82) is 0 Å². The van der Waals surface area contributed by atoms with E-state index in [0.717, 1.165) is 44.5 Å². The molecule has 5 rings (SSSR count). The Bertz CT molecular complexity index is 1300. The molecule has 0 aliphatic carbocycles. The predicted octanol–water partition coefficient (Wildman–Crippen LogP) is 5.55. The van der Waals surface area contributed by atoms with Gasteiger partial charge in [0.15, 0.2) is 4.34 Å². The van der Waals surface area contributed by atoms with Gasteiger partial charge in [0.1, 0.15) is 0 Å². The lowest BCUT2D eigenvalue weighted by Crippen LogP contribution is -2.30. The van der Waals surface area contributed by atoms with Crippen LogP contribution in [0.4, 0.5) is 11.4 Å². The number of para-hydroxylation sites is 1. The number of rotatable bonds is 7. The van der Waals surface area contributed by atoms with Crippen LogP contribution in [-0.2, 0) is 22.4 Å². The summed E-state index contributed by atoms with van der Waals surface area (Å²) in [6, 6.07) is 23.8. The Kier molecular flexibility index (Phi) is 6.41. The summed E-state index contributed by atoms with van der Waals surface area (Å²) in [6.07, 6.45) is 2.06. The molecule has 2 amide bonds. The summed E-state index contributed by atoms with van der Waals surface area (Å²) >= 11 is 3.02. The lowest BCUT2D eigenvalue weighted by Gasteiger charge is -2.16. The highest BCUT2D eigenvalue weighted by Crippen LogP contribution is 2.33. The monoisotopic (exact) mass is 473 g/mol. The average molecular weight is 474 g/mol. The van der Waals surface area contributed by atoms with Gasteiger partial charge in [0.2, 0.25) is 11.8 Å². The molecule has 0 spiro atoms. The van der Waals surface area contributed by atoms with Gasteiger partial charge in [0.05, 0.1) is 16.0 Å². The fourth-order valence-electron chi connectivity index (χ4n) is 3.97. The SMILES string of the molecule is O=C(CCc1ccccc1)Nc1ccc2nc(SCC(=O)N3CCc4ccccc43)sc2c1. The highest BCUT2D eigenvalue weighted by Gasteiger charge is 2.24. The molecule has 1 aliphatic heterocycles. The molecule has 2 heterocycles. The minimum atomic E-state index is -0.00573. The first kappa shape index (κ1) is 21.7. The third-order valence-electron chi connectivity index (χ3n) is 5.64. The van der Waals surface area contributed by atoms with E-state index in [9.17, 15) is 9.59 Å². The van der Waals surface area contributed by atoms with Crippen LogP contribution in [0.1, 0.15) is 17.5 Å². The van der Waals surface area contributed by atoms with Crippen LogP contribution in [0.25, 0.3) is 10.2 Å². The fraction of sp³-hybridized carbons (Fsp3) is 0.192. The second-order valence-electron chi connectivity index (χ2n) is 7.91. The molecule has 0 radical (unpaired) electrons. The molecular formula is C26H23N3O2S2. The number of amides is 2. The van der Waals surface area contributed by atoms with Crippen molar-refractivity contribution in [3.05, 3.63) is 83.9 Å². The molecule has 1 aromatic heterocycles. The first-order valence-corrected chi connectivity index (χ1v) is 12.7. The van der Waals surface area contributed by atoms with Gasteiger partial charge in [-0.15, -0.1) is 11.3 Å². The summed E-state index contributed by atoms with van der Waals surface area (Å²) in [4.78, 5) is 31.6. The van der Waals surface area contributed by atoms with Gasteiger partial charge in [-0.3, -0.25) is 9.59 Å². The van der Waals surface area contributed by atoms with Crippen molar-refractivity contribution < 1.29 is 9.59 Å². The molecule has 0 atom stereocenters. The summed E-state index contributed by atoms with van der Waals surface area (Å²) in [5.74, 6) is 0.460. The van der Waals surface area contributed by atoms with Crippen molar-refractivity contribution in [1.82, 2.24) is 4.98 Å². The van der Waals surface area contributed by atoms with Gasteiger partial charge in [0, 0.05) is 24.3 Å². The number of hydrogen-bond donors (Lipinski definition) is 1. The van der Waals surface area contributed by atoms with Crippen molar-refractivity contribution >= 4 is 56.5 Å². The van der Waals surface area contributed by atoms with Gasteiger partial charge >= 0.3 is 0 Å². The minimum absolute atomic E-state index is 0.00573. The van der Waals surface area contributed by atoms with Crippen LogP contribution in [-0.4, -0.2) is 29.1 Å². The second kappa shape index (κ2) is 9.77. The maximum Gasteiger partial charge on any atom is 0.237 e. The van der Waals surface area contributed by atoms with E-state index in [-0.39, 0.29) is 11.8 Å². The number of nitrogens with zero attached hydrogens (tertiary/aromatic N) is 2. The smallest absolute Gasteiger partial charge is 0.237 e. The quantitative estimate of drug-likeness (QED) is 0.358. The standard InChI is InChI=1S/C26H23N3O2S2/c30-24(13-10-18-6-2-1-3-7-18)27-20-11-12-21-23(16-20)33-26(28-21)32-17-25(31)29-15-14-19-8-4-5-9-22(19)29/h1-9,11-12,16H,10,13-15,17H2,(H,27,30). The highest BCUT2D eigenvalue weighted by molar-refractivity contribution is 8.01. The molecule has 166 valence electrons. The Morgan fingerprint density at radius 3 is 2.73 bits per heavy atom. The first-order valence-electron chi connectivity index (χ1n) is 10.9. The zero-order valence-corrected chi connectivity index (χ0v) is 19.6. The van der Waals surface area contributed by atoms with E-state index in [0.29, 0.717) is 18.6 Å². The Morgan fingerprint density at radius 2 is 1.85 bits per heavy atom. The van der Waals surface area contributed by atoms with E-state index in [1.807, 2.05) is 71.6 Å². The number of carbonyl (C=O) groups excluding carboxylic acids is 2. The van der Waals surface area contributed by atoms with Crippen molar-refractivity contribution in [2.45, 2.75) is 23.6 Å². The van der Waals surface area contributed by atoms with Crippen LogP contribution in [0.5, 0.6) is 0 Å². The lowest BCUT2D eigenvalue weighted by molar-refractivity contribution is -0.116. The van der Waals surface area contributed by atoms with Gasteiger partial charge in [-0.05, 0) is 48.2 Å². The Morgan fingerprint density at radius 1 is 1.03 bits per heavy atom. The molecule has 1 aliphatic rings. The Labute approximate surface area is 200 Å². The van der Waals surface area contributed by atoms with Crippen molar-refractivity contribution in [2.24, 2.45) is 0 Å². The summed E-state index contributed by atoms with van der Waals surface area (Å²) in [6.45, 7) is 0.742. The van der Waals surface area contributed by atoms with Gasteiger partial charge in [-0.1, -0.05) is 60.3 Å². The van der Waals surface area contributed by atoms with Crippen LogP contribution in [0.3, 0.4) is 0 Å². The van der Waals surface area contributed by atoms with E-state index in [4.69, 9.17) is 0 Å². The van der Waals surface area contributed by atoms with Crippen LogP contribution in [0.2, 0.25) is 0 Å². The summed E-state index contributed by atoms with van der Waals surface area (Å²) < 4.78 is 1.86. The van der Waals surface area contributed by atoms with E-state index < -0.39 is 0 Å². The highest BCUT2D eigenvalue weighted by atomic mass is 32.2. The maximum atomic E-state index is 12.8. The number of anilines is 2. The van der Waals surface area contributed by atoms with Crippen molar-refractivity contribution in [3.63, 3.8) is 0 Å². The molecule has 3 aromatic carbocycles. The largest absolute Gasteiger partial charge is 0.326 e. The molecule has 4 aromatic rings. The maximum absolute atomic E-state index is 12.8.